The lowest BCUT2D eigenvalue weighted by Crippen LogP contribution is -2.04. The van der Waals surface area contributed by atoms with Gasteiger partial charge in [-0.15, -0.1) is 0 Å². The number of rotatable bonds is 7. The van der Waals surface area contributed by atoms with Crippen molar-refractivity contribution in [1.29, 1.82) is 5.26 Å². The average molecular weight is 441 g/mol. The van der Waals surface area contributed by atoms with Gasteiger partial charge in [0.1, 0.15) is 5.82 Å². The summed E-state index contributed by atoms with van der Waals surface area (Å²) in [6.45, 7) is 0. The molecule has 0 atom stereocenters. The number of ether oxygens (including phenoxy) is 3. The topological polar surface area (TPSA) is 93.5 Å². The monoisotopic (exact) mass is 441 g/mol. The van der Waals surface area contributed by atoms with E-state index in [1.54, 1.807) is 39.7 Å². The first kappa shape index (κ1) is 21.9. The fourth-order valence-corrected chi connectivity index (χ4v) is 3.80. The van der Waals surface area contributed by atoms with Crippen LogP contribution in [0.25, 0.3) is 16.7 Å². The quantitative estimate of drug-likeness (QED) is 0.538. The number of anilines is 1. The van der Waals surface area contributed by atoms with Crippen molar-refractivity contribution in [3.8, 4) is 34.4 Å². The molecule has 1 aliphatic rings. The maximum absolute atomic E-state index is 12.6. The highest BCUT2D eigenvalue weighted by Gasteiger charge is 2.26. The number of allylic oxidation sites excluding steroid dienone is 1. The van der Waals surface area contributed by atoms with Gasteiger partial charge in [0.2, 0.25) is 5.75 Å². The van der Waals surface area contributed by atoms with Gasteiger partial charge in [-0.05, 0) is 54.3 Å². The van der Waals surface area contributed by atoms with Gasteiger partial charge in [0.05, 0.1) is 33.0 Å². The second kappa shape index (κ2) is 9.45. The zero-order valence-corrected chi connectivity index (χ0v) is 18.6. The Hall–Kier alpha value is -4.31. The third-order valence-electron chi connectivity index (χ3n) is 5.52. The lowest BCUT2D eigenvalue weighted by Gasteiger charge is -2.14. The number of aryl methyl sites for hydroxylation is 1. The number of fused-ring (bicyclic) bond motifs is 1. The van der Waals surface area contributed by atoms with Crippen molar-refractivity contribution >= 4 is 17.3 Å². The molecule has 0 bridgehead atoms. The minimum Gasteiger partial charge on any atom is -0.493 e. The van der Waals surface area contributed by atoms with Gasteiger partial charge in [0, 0.05) is 22.9 Å². The number of aromatic nitrogens is 1. The van der Waals surface area contributed by atoms with Crippen LogP contribution >= 0.6 is 0 Å². The Kier molecular flexibility index (Phi) is 6.27. The number of nitrogens with zero attached hydrogens (tertiary/aromatic N) is 2. The molecule has 1 N–H and O–H groups in total. The van der Waals surface area contributed by atoms with Gasteiger partial charge in [0.15, 0.2) is 11.5 Å². The van der Waals surface area contributed by atoms with Gasteiger partial charge >= 0.3 is 0 Å². The number of carbonyl (C=O) groups is 1. The Morgan fingerprint density at radius 3 is 2.30 bits per heavy atom. The third-order valence-corrected chi connectivity index (χ3v) is 5.52. The summed E-state index contributed by atoms with van der Waals surface area (Å²) < 4.78 is 16.3. The number of benzene rings is 2. The molecule has 0 radical (unpaired) electrons. The van der Waals surface area contributed by atoms with Crippen molar-refractivity contribution in [2.45, 2.75) is 12.8 Å². The summed E-state index contributed by atoms with van der Waals surface area (Å²) in [4.78, 5) is 17.0. The summed E-state index contributed by atoms with van der Waals surface area (Å²) in [5.41, 5.74) is 4.74. The normalized spacial score (nSPS) is 13.3. The molecule has 1 aliphatic heterocycles. The maximum Gasteiger partial charge on any atom is 0.257 e. The molecule has 1 aromatic heterocycles. The van der Waals surface area contributed by atoms with Crippen LogP contribution in [-0.2, 0) is 11.2 Å². The summed E-state index contributed by atoms with van der Waals surface area (Å²) in [6.07, 6.45) is 5.08. The van der Waals surface area contributed by atoms with E-state index in [0.717, 1.165) is 28.7 Å². The molecule has 1 amide bonds. The number of nitrogens with one attached hydrogen (secondary N) is 1. The fraction of sp³-hybridized carbons (Fsp3) is 0.192. The van der Waals surface area contributed by atoms with Crippen LogP contribution in [0.2, 0.25) is 0 Å². The van der Waals surface area contributed by atoms with E-state index in [1.807, 2.05) is 36.4 Å². The maximum atomic E-state index is 12.6. The number of hydrogen-bond acceptors (Lipinski definition) is 6. The van der Waals surface area contributed by atoms with Crippen molar-refractivity contribution in [3.63, 3.8) is 0 Å². The predicted octanol–water partition coefficient (Wildman–Crippen LogP) is 4.61. The second-order valence-corrected chi connectivity index (χ2v) is 7.45. The lowest BCUT2D eigenvalue weighted by atomic mass is 10.0. The SMILES string of the molecule is COc1cc(-c2cnc3c(c2)/C(=C\CCc2ccc(C#N)cc2)C(=O)N3)cc(OC)c1OC. The van der Waals surface area contributed by atoms with Crippen LogP contribution in [0.5, 0.6) is 17.2 Å². The number of methoxy groups -OCH3 is 3. The summed E-state index contributed by atoms with van der Waals surface area (Å²) in [7, 11) is 4.70. The number of pyridine rings is 1. The minimum atomic E-state index is -0.167. The zero-order valence-electron chi connectivity index (χ0n) is 18.6. The molecule has 2 aromatic carbocycles. The molecule has 0 fully saturated rings. The van der Waals surface area contributed by atoms with E-state index in [9.17, 15) is 4.79 Å². The Bertz CT molecular complexity index is 1250. The van der Waals surface area contributed by atoms with E-state index in [0.29, 0.717) is 40.6 Å². The first-order valence-corrected chi connectivity index (χ1v) is 10.4. The molecular weight excluding hydrogens is 418 g/mol. The average Bonchev–Trinajstić information content (AvgIpc) is 3.17. The molecular formula is C26H23N3O4. The molecule has 166 valence electrons. The van der Waals surface area contributed by atoms with Crippen LogP contribution in [-0.4, -0.2) is 32.2 Å². The van der Waals surface area contributed by atoms with Crippen molar-refractivity contribution in [1.82, 2.24) is 4.98 Å². The number of carbonyl (C=O) groups excluding carboxylic acids is 1. The van der Waals surface area contributed by atoms with Crippen molar-refractivity contribution in [3.05, 3.63) is 71.4 Å². The molecule has 0 saturated heterocycles. The van der Waals surface area contributed by atoms with E-state index in [2.05, 4.69) is 16.4 Å². The van der Waals surface area contributed by atoms with Crippen molar-refractivity contribution in [2.24, 2.45) is 0 Å². The highest BCUT2D eigenvalue weighted by Crippen LogP contribution is 2.42. The molecule has 0 spiro atoms. The van der Waals surface area contributed by atoms with Crippen molar-refractivity contribution < 1.29 is 19.0 Å². The van der Waals surface area contributed by atoms with E-state index in [4.69, 9.17) is 19.5 Å². The molecule has 3 aromatic rings. The van der Waals surface area contributed by atoms with Gasteiger partial charge in [-0.3, -0.25) is 4.79 Å². The Labute approximate surface area is 192 Å². The molecule has 0 aliphatic carbocycles. The molecule has 7 heteroatoms. The van der Waals surface area contributed by atoms with Gasteiger partial charge in [-0.25, -0.2) is 4.98 Å². The number of hydrogen-bond donors (Lipinski definition) is 1. The molecule has 2 heterocycles. The van der Waals surface area contributed by atoms with Gasteiger partial charge < -0.3 is 19.5 Å². The summed E-state index contributed by atoms with van der Waals surface area (Å²) in [5, 5.41) is 11.8. The number of nitriles is 1. The highest BCUT2D eigenvalue weighted by molar-refractivity contribution is 6.31. The summed E-state index contributed by atoms with van der Waals surface area (Å²) >= 11 is 0. The number of amides is 1. The zero-order chi connectivity index (χ0) is 23.4. The fourth-order valence-electron chi connectivity index (χ4n) is 3.80. The van der Waals surface area contributed by atoms with Crippen LogP contribution in [0.4, 0.5) is 5.82 Å². The van der Waals surface area contributed by atoms with E-state index in [1.165, 1.54) is 0 Å². The Morgan fingerprint density at radius 2 is 1.70 bits per heavy atom. The lowest BCUT2D eigenvalue weighted by molar-refractivity contribution is -0.110. The summed E-state index contributed by atoms with van der Waals surface area (Å²) in [5.74, 6) is 1.97. The van der Waals surface area contributed by atoms with E-state index in [-0.39, 0.29) is 5.91 Å². The van der Waals surface area contributed by atoms with Crippen molar-refractivity contribution in [2.75, 3.05) is 26.6 Å². The van der Waals surface area contributed by atoms with Crippen LogP contribution in [0.15, 0.2) is 54.7 Å². The molecule has 33 heavy (non-hydrogen) atoms. The predicted molar refractivity (Wildman–Crippen MR) is 125 cm³/mol. The standard InChI is InChI=1S/C26H23N3O4/c1-31-22-12-18(13-23(32-2)24(22)33-3)19-11-21-20(26(30)29-25(21)28-15-19)6-4-5-16-7-9-17(14-27)10-8-16/h6-13,15H,4-5H2,1-3H3,(H,28,29,30)/b20-6+. The smallest absolute Gasteiger partial charge is 0.257 e. The van der Waals surface area contributed by atoms with Crippen LogP contribution in [0.1, 0.15) is 23.1 Å². The molecule has 7 nitrogen and oxygen atoms in total. The molecule has 0 saturated carbocycles. The Morgan fingerprint density at radius 1 is 1.00 bits per heavy atom. The first-order valence-electron chi connectivity index (χ1n) is 10.4. The Balaban J connectivity index is 1.63. The third kappa shape index (κ3) is 4.37. The van der Waals surface area contributed by atoms with Gasteiger partial charge in [-0.1, -0.05) is 18.2 Å². The molecule has 4 rings (SSSR count). The van der Waals surface area contributed by atoms with Crippen LogP contribution in [0.3, 0.4) is 0 Å². The van der Waals surface area contributed by atoms with Gasteiger partial charge in [-0.2, -0.15) is 5.26 Å². The first-order chi connectivity index (χ1) is 16.1. The minimum absolute atomic E-state index is 0.167. The van der Waals surface area contributed by atoms with E-state index < -0.39 is 0 Å². The van der Waals surface area contributed by atoms with E-state index >= 15 is 0 Å². The molecule has 0 unspecified atom stereocenters. The van der Waals surface area contributed by atoms with Crippen LogP contribution < -0.4 is 19.5 Å². The summed E-state index contributed by atoms with van der Waals surface area (Å²) in [6, 6.07) is 15.2. The largest absolute Gasteiger partial charge is 0.493 e. The second-order valence-electron chi connectivity index (χ2n) is 7.45. The highest BCUT2D eigenvalue weighted by atomic mass is 16.5. The van der Waals surface area contributed by atoms with Gasteiger partial charge in [0.25, 0.3) is 5.91 Å². The van der Waals surface area contributed by atoms with Crippen LogP contribution in [0, 0.1) is 11.3 Å².